The summed E-state index contributed by atoms with van der Waals surface area (Å²) >= 11 is 0. The van der Waals surface area contributed by atoms with Crippen LogP contribution in [0.1, 0.15) is 18.9 Å². The summed E-state index contributed by atoms with van der Waals surface area (Å²) in [5.74, 6) is 0.538. The number of tetrazole rings is 1. The second kappa shape index (κ2) is 8.43. The van der Waals surface area contributed by atoms with Crippen LogP contribution in [0.15, 0.2) is 73.1 Å². The van der Waals surface area contributed by atoms with Gasteiger partial charge in [-0.2, -0.15) is 5.21 Å². The quantitative estimate of drug-likeness (QED) is 0.545. The van der Waals surface area contributed by atoms with Gasteiger partial charge in [0.1, 0.15) is 0 Å². The summed E-state index contributed by atoms with van der Waals surface area (Å²) in [7, 11) is 0. The lowest BCUT2D eigenvalue weighted by atomic mass is 10.0. The Balaban J connectivity index is 1.66. The van der Waals surface area contributed by atoms with E-state index in [2.05, 4.69) is 31.7 Å². The number of anilines is 1. The fraction of sp³-hybridized carbons (Fsp3) is 0.136. The number of hydrogen-bond donors (Lipinski definition) is 1. The average Bonchev–Trinajstić information content (AvgIpc) is 3.33. The molecule has 144 valence electrons. The standard InChI is InChI=1S/C22H20N6O/c1-2-21(29)28(20-10-4-8-18(13-20)22-24-26-27-25-22)15-16-6-3-7-17(12-16)19-9-5-11-23-14-19/h3-14H,2,15H2,1H3,(H,24,25,26,27). The van der Waals surface area contributed by atoms with E-state index in [4.69, 9.17) is 0 Å². The molecule has 1 amide bonds. The van der Waals surface area contributed by atoms with Crippen molar-refractivity contribution in [2.75, 3.05) is 4.90 Å². The largest absolute Gasteiger partial charge is 0.308 e. The highest BCUT2D eigenvalue weighted by molar-refractivity contribution is 5.93. The molecule has 1 N–H and O–H groups in total. The zero-order valence-electron chi connectivity index (χ0n) is 16.0. The topological polar surface area (TPSA) is 87.7 Å². The van der Waals surface area contributed by atoms with Gasteiger partial charge in [-0.3, -0.25) is 9.78 Å². The van der Waals surface area contributed by atoms with E-state index in [0.29, 0.717) is 18.8 Å². The van der Waals surface area contributed by atoms with E-state index in [1.807, 2.05) is 67.7 Å². The number of carbonyl (C=O) groups is 1. The van der Waals surface area contributed by atoms with Crippen LogP contribution in [0.4, 0.5) is 5.69 Å². The van der Waals surface area contributed by atoms with Crippen molar-refractivity contribution in [3.05, 3.63) is 78.6 Å². The highest BCUT2D eigenvalue weighted by Crippen LogP contribution is 2.25. The molecule has 0 radical (unpaired) electrons. The van der Waals surface area contributed by atoms with Crippen LogP contribution in [0.3, 0.4) is 0 Å². The summed E-state index contributed by atoms with van der Waals surface area (Å²) in [6.07, 6.45) is 4.00. The Kier molecular flexibility index (Phi) is 5.38. The van der Waals surface area contributed by atoms with Gasteiger partial charge in [0.15, 0.2) is 0 Å². The molecule has 0 aliphatic rings. The fourth-order valence-electron chi connectivity index (χ4n) is 3.18. The van der Waals surface area contributed by atoms with Crippen LogP contribution in [-0.4, -0.2) is 31.5 Å². The van der Waals surface area contributed by atoms with Gasteiger partial charge in [0.25, 0.3) is 0 Å². The van der Waals surface area contributed by atoms with Gasteiger partial charge >= 0.3 is 0 Å². The Morgan fingerprint density at radius 1 is 1.00 bits per heavy atom. The van der Waals surface area contributed by atoms with Crippen LogP contribution in [0.2, 0.25) is 0 Å². The third-order valence-electron chi connectivity index (χ3n) is 4.63. The number of rotatable bonds is 6. The predicted molar refractivity (Wildman–Crippen MR) is 111 cm³/mol. The van der Waals surface area contributed by atoms with E-state index in [-0.39, 0.29) is 5.91 Å². The minimum atomic E-state index is 0.0436. The van der Waals surface area contributed by atoms with E-state index in [9.17, 15) is 4.79 Å². The zero-order valence-corrected chi connectivity index (χ0v) is 16.0. The molecule has 4 aromatic rings. The third-order valence-corrected chi connectivity index (χ3v) is 4.63. The number of aromatic amines is 1. The minimum absolute atomic E-state index is 0.0436. The smallest absolute Gasteiger partial charge is 0.227 e. The fourth-order valence-corrected chi connectivity index (χ4v) is 3.18. The van der Waals surface area contributed by atoms with Gasteiger partial charge < -0.3 is 4.90 Å². The molecule has 0 atom stereocenters. The van der Waals surface area contributed by atoms with Crippen molar-refractivity contribution in [1.82, 2.24) is 25.6 Å². The Bertz CT molecular complexity index is 1100. The highest BCUT2D eigenvalue weighted by atomic mass is 16.2. The van der Waals surface area contributed by atoms with Gasteiger partial charge in [0.2, 0.25) is 11.7 Å². The molecular formula is C22H20N6O. The van der Waals surface area contributed by atoms with Crippen LogP contribution >= 0.6 is 0 Å². The first-order chi connectivity index (χ1) is 14.2. The molecule has 0 fully saturated rings. The van der Waals surface area contributed by atoms with E-state index in [1.54, 1.807) is 11.1 Å². The number of nitrogens with zero attached hydrogens (tertiary/aromatic N) is 5. The van der Waals surface area contributed by atoms with Crippen LogP contribution in [0.5, 0.6) is 0 Å². The lowest BCUT2D eigenvalue weighted by Gasteiger charge is -2.23. The normalized spacial score (nSPS) is 10.7. The summed E-state index contributed by atoms with van der Waals surface area (Å²) in [4.78, 5) is 18.7. The minimum Gasteiger partial charge on any atom is -0.308 e. The highest BCUT2D eigenvalue weighted by Gasteiger charge is 2.16. The molecule has 0 aliphatic carbocycles. The van der Waals surface area contributed by atoms with E-state index in [0.717, 1.165) is 27.9 Å². The van der Waals surface area contributed by atoms with Crippen LogP contribution in [0.25, 0.3) is 22.5 Å². The number of nitrogens with one attached hydrogen (secondary N) is 1. The molecule has 2 heterocycles. The van der Waals surface area contributed by atoms with Crippen LogP contribution in [-0.2, 0) is 11.3 Å². The predicted octanol–water partition coefficient (Wildman–Crippen LogP) is 3.87. The Morgan fingerprint density at radius 3 is 2.59 bits per heavy atom. The molecule has 4 rings (SSSR count). The summed E-state index contributed by atoms with van der Waals surface area (Å²) in [5.41, 5.74) is 4.75. The molecule has 29 heavy (non-hydrogen) atoms. The molecule has 0 saturated carbocycles. The van der Waals surface area contributed by atoms with E-state index < -0.39 is 0 Å². The van der Waals surface area contributed by atoms with Crippen molar-refractivity contribution >= 4 is 11.6 Å². The first-order valence-corrected chi connectivity index (χ1v) is 9.38. The molecule has 0 unspecified atom stereocenters. The number of carbonyl (C=O) groups excluding carboxylic acids is 1. The third kappa shape index (κ3) is 4.19. The molecule has 0 aliphatic heterocycles. The molecule has 2 aromatic carbocycles. The SMILES string of the molecule is CCC(=O)N(Cc1cccc(-c2cccnc2)c1)c1cccc(-c2nn[nH]n2)c1. The van der Waals surface area contributed by atoms with Crippen molar-refractivity contribution in [3.63, 3.8) is 0 Å². The van der Waals surface area contributed by atoms with Gasteiger partial charge in [0.05, 0.1) is 6.54 Å². The molecule has 7 nitrogen and oxygen atoms in total. The average molecular weight is 384 g/mol. The van der Waals surface area contributed by atoms with E-state index >= 15 is 0 Å². The van der Waals surface area contributed by atoms with E-state index in [1.165, 1.54) is 0 Å². The van der Waals surface area contributed by atoms with Gasteiger partial charge in [-0.25, -0.2) is 0 Å². The van der Waals surface area contributed by atoms with Gasteiger partial charge in [-0.15, -0.1) is 10.2 Å². The van der Waals surface area contributed by atoms with Crippen molar-refractivity contribution in [1.29, 1.82) is 0 Å². The molecule has 0 bridgehead atoms. The van der Waals surface area contributed by atoms with Crippen molar-refractivity contribution < 1.29 is 4.79 Å². The number of H-pyrrole nitrogens is 1. The van der Waals surface area contributed by atoms with Crippen molar-refractivity contribution in [2.24, 2.45) is 0 Å². The molecular weight excluding hydrogens is 364 g/mol. The van der Waals surface area contributed by atoms with Crippen molar-refractivity contribution in [3.8, 4) is 22.5 Å². The van der Waals surface area contributed by atoms with Crippen LogP contribution in [0, 0.1) is 0 Å². The zero-order chi connectivity index (χ0) is 20.1. The first-order valence-electron chi connectivity index (χ1n) is 9.38. The molecule has 0 saturated heterocycles. The number of aromatic nitrogens is 5. The second-order valence-corrected chi connectivity index (χ2v) is 6.56. The number of hydrogen-bond acceptors (Lipinski definition) is 5. The van der Waals surface area contributed by atoms with Crippen molar-refractivity contribution in [2.45, 2.75) is 19.9 Å². The molecule has 2 aromatic heterocycles. The Morgan fingerprint density at radius 2 is 1.83 bits per heavy atom. The summed E-state index contributed by atoms with van der Waals surface area (Å²) in [6, 6.07) is 19.7. The maximum Gasteiger partial charge on any atom is 0.227 e. The summed E-state index contributed by atoms with van der Waals surface area (Å²) < 4.78 is 0. The lowest BCUT2D eigenvalue weighted by molar-refractivity contribution is -0.118. The second-order valence-electron chi connectivity index (χ2n) is 6.56. The number of amides is 1. The monoisotopic (exact) mass is 384 g/mol. The molecule has 0 spiro atoms. The maximum absolute atomic E-state index is 12.7. The Hall–Kier alpha value is -3.87. The first kappa shape index (κ1) is 18.5. The van der Waals surface area contributed by atoms with Gasteiger partial charge in [-0.1, -0.05) is 43.3 Å². The summed E-state index contributed by atoms with van der Waals surface area (Å²) in [5, 5.41) is 14.1. The van der Waals surface area contributed by atoms with Gasteiger partial charge in [0, 0.05) is 30.1 Å². The van der Waals surface area contributed by atoms with Gasteiger partial charge in [-0.05, 0) is 46.2 Å². The maximum atomic E-state index is 12.7. The lowest BCUT2D eigenvalue weighted by Crippen LogP contribution is -2.29. The molecule has 7 heteroatoms. The van der Waals surface area contributed by atoms with Crippen LogP contribution < -0.4 is 4.90 Å². The Labute approximate surface area is 168 Å². The summed E-state index contributed by atoms with van der Waals surface area (Å²) in [6.45, 7) is 2.33. The number of pyridine rings is 1. The number of benzene rings is 2.